The fourth-order valence-corrected chi connectivity index (χ4v) is 5.10. The molecule has 0 spiro atoms. The Bertz CT molecular complexity index is 1160. The van der Waals surface area contributed by atoms with Gasteiger partial charge in [0.1, 0.15) is 5.57 Å². The number of anilines is 2. The molecule has 5 nitrogen and oxygen atoms in total. The van der Waals surface area contributed by atoms with E-state index in [4.69, 9.17) is 12.2 Å². The van der Waals surface area contributed by atoms with Crippen LogP contribution < -0.4 is 15.1 Å². The molecule has 6 heteroatoms. The Hall–Kier alpha value is -2.99. The van der Waals surface area contributed by atoms with Gasteiger partial charge in [0.05, 0.1) is 5.69 Å². The van der Waals surface area contributed by atoms with E-state index in [9.17, 15) is 9.59 Å². The van der Waals surface area contributed by atoms with E-state index in [2.05, 4.69) is 50.2 Å². The largest absolute Gasteiger partial charge is 0.369 e. The van der Waals surface area contributed by atoms with Gasteiger partial charge in [-0.25, -0.2) is 0 Å². The van der Waals surface area contributed by atoms with Gasteiger partial charge in [0.25, 0.3) is 11.8 Å². The second-order valence-corrected chi connectivity index (χ2v) is 9.99. The highest BCUT2D eigenvalue weighted by Gasteiger charge is 2.36. The number of hydrogen-bond donors (Lipinski definition) is 1. The summed E-state index contributed by atoms with van der Waals surface area (Å²) in [5.74, 6) is -0.498. The molecule has 1 N–H and O–H groups in total. The quantitative estimate of drug-likeness (QED) is 0.406. The highest BCUT2D eigenvalue weighted by molar-refractivity contribution is 7.80. The Balaban J connectivity index is 1.74. The number of hydrogen-bond acceptors (Lipinski definition) is 4. The van der Waals surface area contributed by atoms with E-state index in [1.54, 1.807) is 6.08 Å². The molecule has 1 saturated heterocycles. The van der Waals surface area contributed by atoms with Crippen molar-refractivity contribution in [2.24, 2.45) is 0 Å². The van der Waals surface area contributed by atoms with Crippen LogP contribution in [0.1, 0.15) is 55.4 Å². The fourth-order valence-electron chi connectivity index (χ4n) is 4.82. The average Bonchev–Trinajstić information content (AvgIpc) is 2.68. The van der Waals surface area contributed by atoms with Gasteiger partial charge in [0.15, 0.2) is 5.11 Å². The van der Waals surface area contributed by atoms with Gasteiger partial charge in [-0.2, -0.15) is 0 Å². The van der Waals surface area contributed by atoms with Crippen LogP contribution in [0.5, 0.6) is 0 Å². The van der Waals surface area contributed by atoms with Crippen LogP contribution >= 0.6 is 12.2 Å². The monoisotopic (exact) mass is 447 g/mol. The molecule has 32 heavy (non-hydrogen) atoms. The normalized spacial score (nSPS) is 21.6. The molecule has 2 amide bonds. The van der Waals surface area contributed by atoms with Gasteiger partial charge < -0.3 is 4.90 Å². The number of rotatable bonds is 2. The summed E-state index contributed by atoms with van der Waals surface area (Å²) in [4.78, 5) is 29.8. The molecule has 2 aromatic rings. The van der Waals surface area contributed by atoms with Crippen LogP contribution in [0, 0.1) is 13.8 Å². The number of aryl methyl sites for hydroxylation is 2. The van der Waals surface area contributed by atoms with Crippen LogP contribution in [0.4, 0.5) is 11.4 Å². The van der Waals surface area contributed by atoms with Crippen molar-refractivity contribution in [3.63, 3.8) is 0 Å². The summed E-state index contributed by atoms with van der Waals surface area (Å²) in [6.07, 6.45) is 2.70. The van der Waals surface area contributed by atoms with E-state index in [0.717, 1.165) is 23.1 Å². The van der Waals surface area contributed by atoms with Gasteiger partial charge in [-0.15, -0.1) is 0 Å². The Labute approximate surface area is 195 Å². The lowest BCUT2D eigenvalue weighted by Crippen LogP contribution is -2.54. The van der Waals surface area contributed by atoms with Crippen molar-refractivity contribution in [3.8, 4) is 0 Å². The molecule has 0 saturated carbocycles. The molecule has 1 unspecified atom stereocenters. The van der Waals surface area contributed by atoms with Gasteiger partial charge >= 0.3 is 0 Å². The lowest BCUT2D eigenvalue weighted by Gasteiger charge is -2.45. The first-order valence-corrected chi connectivity index (χ1v) is 11.3. The van der Waals surface area contributed by atoms with Crippen molar-refractivity contribution in [1.82, 2.24) is 5.32 Å². The maximum Gasteiger partial charge on any atom is 0.270 e. The van der Waals surface area contributed by atoms with Gasteiger partial charge in [-0.3, -0.25) is 19.8 Å². The Morgan fingerprint density at radius 2 is 1.75 bits per heavy atom. The van der Waals surface area contributed by atoms with Crippen LogP contribution in [0.15, 0.2) is 42.0 Å². The van der Waals surface area contributed by atoms with Gasteiger partial charge in [0, 0.05) is 18.3 Å². The summed E-state index contributed by atoms with van der Waals surface area (Å²) in [7, 11) is 2.11. The van der Waals surface area contributed by atoms with Crippen LogP contribution in [-0.2, 0) is 9.59 Å². The van der Waals surface area contributed by atoms with Crippen molar-refractivity contribution in [2.75, 3.05) is 16.8 Å². The summed E-state index contributed by atoms with van der Waals surface area (Å²) in [6, 6.07) is 12.0. The predicted octanol–water partition coefficient (Wildman–Crippen LogP) is 4.86. The number of nitrogens with one attached hydrogen (secondary N) is 1. The van der Waals surface area contributed by atoms with E-state index in [0.29, 0.717) is 11.6 Å². The highest BCUT2D eigenvalue weighted by Crippen LogP contribution is 2.42. The third kappa shape index (κ3) is 3.84. The highest BCUT2D eigenvalue weighted by atomic mass is 32.1. The Morgan fingerprint density at radius 1 is 1.09 bits per heavy atom. The molecule has 0 bridgehead atoms. The average molecular weight is 448 g/mol. The second-order valence-electron chi connectivity index (χ2n) is 9.60. The summed E-state index contributed by atoms with van der Waals surface area (Å²) < 4.78 is 0. The number of carbonyl (C=O) groups excluding carboxylic acids is 2. The molecular formula is C26H29N3O2S. The number of thiocarbonyl (C=S) groups is 1. The molecular weight excluding hydrogens is 418 g/mol. The molecule has 1 fully saturated rings. The number of carbonyl (C=O) groups is 2. The first-order valence-electron chi connectivity index (χ1n) is 10.9. The lowest BCUT2D eigenvalue weighted by atomic mass is 9.80. The number of nitrogens with zero attached hydrogens (tertiary/aromatic N) is 2. The predicted molar refractivity (Wildman–Crippen MR) is 134 cm³/mol. The summed E-state index contributed by atoms with van der Waals surface area (Å²) in [5.41, 5.74) is 6.10. The topological polar surface area (TPSA) is 52.7 Å². The lowest BCUT2D eigenvalue weighted by molar-refractivity contribution is -0.122. The molecule has 0 radical (unpaired) electrons. The molecule has 4 rings (SSSR count). The van der Waals surface area contributed by atoms with Gasteiger partial charge in [-0.05, 0) is 105 Å². The molecule has 1 atom stereocenters. The van der Waals surface area contributed by atoms with Crippen LogP contribution in [0.25, 0.3) is 6.08 Å². The van der Waals surface area contributed by atoms with E-state index in [1.807, 2.05) is 38.1 Å². The summed E-state index contributed by atoms with van der Waals surface area (Å²) >= 11 is 5.34. The maximum atomic E-state index is 13.4. The molecule has 0 aliphatic carbocycles. The zero-order valence-electron chi connectivity index (χ0n) is 19.4. The van der Waals surface area contributed by atoms with Crippen LogP contribution in [0.2, 0.25) is 0 Å². The minimum Gasteiger partial charge on any atom is -0.369 e. The number of amides is 2. The van der Waals surface area contributed by atoms with E-state index >= 15 is 0 Å². The smallest absolute Gasteiger partial charge is 0.270 e. The summed E-state index contributed by atoms with van der Waals surface area (Å²) in [5, 5.41) is 2.78. The zero-order chi connectivity index (χ0) is 23.4. The van der Waals surface area contributed by atoms with Crippen molar-refractivity contribution in [2.45, 2.75) is 52.5 Å². The minimum atomic E-state index is -0.468. The standard InChI is InChI=1S/C26H29N3O2S/c1-15-9-16(2)11-19(10-15)29-24(31)21(23(30)27-25(29)32)13-18-7-8-22-20(12-18)17(3)14-26(4,5)28(22)6/h7-13,17H,14H2,1-6H3,(H,27,30,32)/b21-13-. The second kappa shape index (κ2) is 7.85. The fraction of sp³-hybridized carbons (Fsp3) is 0.346. The van der Waals surface area contributed by atoms with Crippen LogP contribution in [-0.4, -0.2) is 29.5 Å². The summed E-state index contributed by atoms with van der Waals surface area (Å²) in [6.45, 7) is 10.7. The number of benzene rings is 2. The molecule has 2 aliphatic rings. The van der Waals surface area contributed by atoms with E-state index in [1.165, 1.54) is 16.2 Å². The van der Waals surface area contributed by atoms with Gasteiger partial charge in [0.2, 0.25) is 0 Å². The van der Waals surface area contributed by atoms with Crippen LogP contribution in [0.3, 0.4) is 0 Å². The van der Waals surface area contributed by atoms with Crippen molar-refractivity contribution in [1.29, 1.82) is 0 Å². The molecule has 2 aliphatic heterocycles. The number of fused-ring (bicyclic) bond motifs is 1. The van der Waals surface area contributed by atoms with Crippen molar-refractivity contribution >= 4 is 46.6 Å². The van der Waals surface area contributed by atoms with E-state index < -0.39 is 11.8 Å². The van der Waals surface area contributed by atoms with Crippen molar-refractivity contribution < 1.29 is 9.59 Å². The molecule has 166 valence electrons. The van der Waals surface area contributed by atoms with E-state index in [-0.39, 0.29) is 16.2 Å². The minimum absolute atomic E-state index is 0.0771. The molecule has 0 aromatic heterocycles. The third-order valence-electron chi connectivity index (χ3n) is 6.53. The maximum absolute atomic E-state index is 13.4. The first kappa shape index (κ1) is 22.2. The first-order chi connectivity index (χ1) is 15.0. The molecule has 2 aromatic carbocycles. The Morgan fingerprint density at radius 3 is 2.41 bits per heavy atom. The molecule has 2 heterocycles. The third-order valence-corrected chi connectivity index (χ3v) is 6.82. The van der Waals surface area contributed by atoms with Crippen molar-refractivity contribution in [3.05, 3.63) is 64.2 Å². The van der Waals surface area contributed by atoms with Gasteiger partial charge in [-0.1, -0.05) is 19.1 Å². The SMILES string of the molecule is Cc1cc(C)cc(N2C(=O)/C(=C\c3ccc4c(c3)C(C)CC(C)(C)N4C)C(=O)NC2=S)c1. The Kier molecular flexibility index (Phi) is 5.45. The zero-order valence-corrected chi connectivity index (χ0v) is 20.3.